The Kier molecular flexibility index (Phi) is 3.40. The smallest absolute Gasteiger partial charge is 0.309 e. The minimum atomic E-state index is -1.09. The summed E-state index contributed by atoms with van der Waals surface area (Å²) in [5.74, 6) is -1.12. The number of aliphatic hydroxyl groups excluding tert-OH is 3. The van der Waals surface area contributed by atoms with Gasteiger partial charge in [-0.25, -0.2) is 0 Å². The Balaban J connectivity index is 1.98. The van der Waals surface area contributed by atoms with E-state index in [0.29, 0.717) is 6.42 Å². The quantitative estimate of drug-likeness (QED) is 0.324. The van der Waals surface area contributed by atoms with Crippen LogP contribution in [-0.2, 0) is 14.3 Å². The van der Waals surface area contributed by atoms with E-state index in [9.17, 15) is 20.1 Å². The van der Waals surface area contributed by atoms with Gasteiger partial charge >= 0.3 is 5.97 Å². The van der Waals surface area contributed by atoms with Crippen molar-refractivity contribution in [2.75, 3.05) is 0 Å². The molecule has 8 atom stereocenters. The molecule has 0 aromatic rings. The molecule has 2 saturated heterocycles. The fraction of sp³-hybridized carbons (Fsp3) is 0.800. The second-order valence-corrected chi connectivity index (χ2v) is 6.71. The first-order valence-electron chi connectivity index (χ1n) is 7.35. The Morgan fingerprint density at radius 1 is 1.33 bits per heavy atom. The Labute approximate surface area is 123 Å². The summed E-state index contributed by atoms with van der Waals surface area (Å²) in [6.45, 7) is 5.22. The average Bonchev–Trinajstić information content (AvgIpc) is 2.99. The van der Waals surface area contributed by atoms with Gasteiger partial charge in [0.25, 0.3) is 0 Å². The van der Waals surface area contributed by atoms with Gasteiger partial charge < -0.3 is 24.8 Å². The Morgan fingerprint density at radius 3 is 2.67 bits per heavy atom. The number of hydrogen-bond donors (Lipinski definition) is 3. The lowest BCUT2D eigenvalue weighted by Gasteiger charge is -2.28. The van der Waals surface area contributed by atoms with E-state index in [4.69, 9.17) is 9.47 Å². The zero-order chi connectivity index (χ0) is 15.5. The van der Waals surface area contributed by atoms with Gasteiger partial charge in [-0.15, -0.1) is 0 Å². The number of esters is 1. The van der Waals surface area contributed by atoms with Crippen molar-refractivity contribution in [3.05, 3.63) is 11.6 Å². The molecule has 0 spiro atoms. The Morgan fingerprint density at radius 2 is 2.00 bits per heavy atom. The first-order valence-corrected chi connectivity index (χ1v) is 7.35. The summed E-state index contributed by atoms with van der Waals surface area (Å²) < 4.78 is 11.0. The minimum absolute atomic E-state index is 0.329. The van der Waals surface area contributed by atoms with Crippen LogP contribution in [0.1, 0.15) is 27.2 Å². The van der Waals surface area contributed by atoms with Crippen LogP contribution in [0.5, 0.6) is 0 Å². The van der Waals surface area contributed by atoms with E-state index < -0.39 is 42.0 Å². The van der Waals surface area contributed by atoms with Gasteiger partial charge in [0.05, 0.1) is 12.0 Å². The topological polar surface area (TPSA) is 99.5 Å². The van der Waals surface area contributed by atoms with E-state index in [1.807, 2.05) is 0 Å². The molecule has 1 aliphatic carbocycles. The monoisotopic (exact) mass is 298 g/mol. The van der Waals surface area contributed by atoms with E-state index in [1.165, 1.54) is 0 Å². The van der Waals surface area contributed by atoms with Crippen LogP contribution in [0, 0.1) is 11.8 Å². The molecule has 2 fully saturated rings. The molecule has 0 unspecified atom stereocenters. The molecule has 6 nitrogen and oxygen atoms in total. The standard InChI is InChI=1S/C15H22O6/c1-6-4-8(16)10-7(2)14(19)20-11(10)13-15(3,21-13)12(18)9(17)5-6/h5,7-13,16-18H,4H2,1-3H3/b6-5+/t7-,8+,9+,10+,11-,12-,13+,15+/m0/s1. The number of ether oxygens (including phenoxy) is 2. The summed E-state index contributed by atoms with van der Waals surface area (Å²) in [5, 5.41) is 30.8. The SMILES string of the molecule is C/C1=C\[C@@H](O)[C@H](O)[C@@]2(C)O[C@@H]2[C@H]2OC(=O)[C@@H](C)[C@@H]2[C@H](O)C1. The van der Waals surface area contributed by atoms with Crippen molar-refractivity contribution in [1.82, 2.24) is 0 Å². The molecule has 0 saturated carbocycles. The van der Waals surface area contributed by atoms with E-state index in [-0.39, 0.29) is 11.9 Å². The number of hydrogen-bond acceptors (Lipinski definition) is 6. The average molecular weight is 298 g/mol. The second kappa shape index (κ2) is 4.78. The molecule has 118 valence electrons. The van der Waals surface area contributed by atoms with Crippen molar-refractivity contribution in [2.45, 2.75) is 63.3 Å². The third-order valence-corrected chi connectivity index (χ3v) is 5.11. The van der Waals surface area contributed by atoms with E-state index in [1.54, 1.807) is 26.8 Å². The molecule has 3 aliphatic rings. The zero-order valence-corrected chi connectivity index (χ0v) is 12.4. The van der Waals surface area contributed by atoms with Crippen LogP contribution in [-0.4, -0.2) is 57.4 Å². The highest BCUT2D eigenvalue weighted by Gasteiger charge is 2.67. The van der Waals surface area contributed by atoms with Gasteiger partial charge in [-0.3, -0.25) is 4.79 Å². The van der Waals surface area contributed by atoms with Crippen molar-refractivity contribution in [1.29, 1.82) is 0 Å². The molecule has 3 rings (SSSR count). The fourth-order valence-electron chi connectivity index (χ4n) is 3.70. The molecular weight excluding hydrogens is 276 g/mol. The van der Waals surface area contributed by atoms with Crippen LogP contribution >= 0.6 is 0 Å². The van der Waals surface area contributed by atoms with Gasteiger partial charge in [0.1, 0.15) is 30.0 Å². The lowest BCUT2D eigenvalue weighted by Crippen LogP contribution is -2.44. The third-order valence-electron chi connectivity index (χ3n) is 5.11. The first-order chi connectivity index (χ1) is 9.75. The highest BCUT2D eigenvalue weighted by atomic mass is 16.7. The van der Waals surface area contributed by atoms with E-state index >= 15 is 0 Å². The molecule has 3 N–H and O–H groups in total. The second-order valence-electron chi connectivity index (χ2n) is 6.71. The van der Waals surface area contributed by atoms with Crippen molar-refractivity contribution >= 4 is 5.97 Å². The Bertz CT molecular complexity index is 489. The maximum Gasteiger partial charge on any atom is 0.309 e. The maximum absolute atomic E-state index is 11.9. The fourth-order valence-corrected chi connectivity index (χ4v) is 3.70. The highest BCUT2D eigenvalue weighted by molar-refractivity contribution is 5.75. The van der Waals surface area contributed by atoms with Gasteiger partial charge in [0.2, 0.25) is 0 Å². The van der Waals surface area contributed by atoms with Crippen LogP contribution in [0.15, 0.2) is 11.6 Å². The predicted octanol–water partition coefficient (Wildman–Crippen LogP) is -0.246. The molecule has 6 heteroatoms. The lowest BCUT2D eigenvalue weighted by molar-refractivity contribution is -0.144. The molecule has 2 aliphatic heterocycles. The summed E-state index contributed by atoms with van der Waals surface area (Å²) in [6.07, 6.45) is -2.12. The molecule has 0 amide bonds. The summed E-state index contributed by atoms with van der Waals surface area (Å²) in [4.78, 5) is 11.9. The van der Waals surface area contributed by atoms with Gasteiger partial charge in [-0.05, 0) is 20.3 Å². The van der Waals surface area contributed by atoms with Crippen LogP contribution in [0.4, 0.5) is 0 Å². The molecule has 0 bridgehead atoms. The van der Waals surface area contributed by atoms with Crippen molar-refractivity contribution in [2.24, 2.45) is 11.8 Å². The summed E-state index contributed by atoms with van der Waals surface area (Å²) in [7, 11) is 0. The Hall–Kier alpha value is -0.950. The number of aliphatic hydroxyl groups is 3. The lowest BCUT2D eigenvalue weighted by atomic mass is 9.79. The van der Waals surface area contributed by atoms with Crippen LogP contribution in [0.3, 0.4) is 0 Å². The maximum atomic E-state index is 11.9. The zero-order valence-electron chi connectivity index (χ0n) is 12.4. The summed E-state index contributed by atoms with van der Waals surface area (Å²) >= 11 is 0. The van der Waals surface area contributed by atoms with Gasteiger partial charge in [0, 0.05) is 5.92 Å². The first kappa shape index (κ1) is 15.0. The van der Waals surface area contributed by atoms with Crippen LogP contribution in [0.25, 0.3) is 0 Å². The van der Waals surface area contributed by atoms with Gasteiger partial charge in [0.15, 0.2) is 0 Å². The number of fused-ring (bicyclic) bond motifs is 3. The normalized spacial score (nSPS) is 55.8. The van der Waals surface area contributed by atoms with Crippen LogP contribution < -0.4 is 0 Å². The van der Waals surface area contributed by atoms with Crippen molar-refractivity contribution in [3.63, 3.8) is 0 Å². The number of carbonyl (C=O) groups is 1. The molecule has 21 heavy (non-hydrogen) atoms. The van der Waals surface area contributed by atoms with Crippen molar-refractivity contribution < 1.29 is 29.6 Å². The van der Waals surface area contributed by atoms with E-state index in [0.717, 1.165) is 5.57 Å². The predicted molar refractivity (Wildman–Crippen MR) is 72.2 cm³/mol. The summed E-state index contributed by atoms with van der Waals surface area (Å²) in [5.41, 5.74) is -0.192. The number of carbonyl (C=O) groups excluding carboxylic acids is 1. The van der Waals surface area contributed by atoms with Gasteiger partial charge in [-0.2, -0.15) is 0 Å². The van der Waals surface area contributed by atoms with Crippen molar-refractivity contribution in [3.8, 4) is 0 Å². The summed E-state index contributed by atoms with van der Waals surface area (Å²) in [6, 6.07) is 0. The third kappa shape index (κ3) is 2.21. The van der Waals surface area contributed by atoms with E-state index in [2.05, 4.69) is 0 Å². The molecule has 0 radical (unpaired) electrons. The molecule has 0 aromatic carbocycles. The minimum Gasteiger partial charge on any atom is -0.459 e. The van der Waals surface area contributed by atoms with Gasteiger partial charge in [-0.1, -0.05) is 18.6 Å². The van der Waals surface area contributed by atoms with Crippen LogP contribution in [0.2, 0.25) is 0 Å². The number of rotatable bonds is 0. The molecule has 2 heterocycles. The number of epoxide rings is 1. The molecular formula is C15H22O6. The highest BCUT2D eigenvalue weighted by Crippen LogP contribution is 2.50. The largest absolute Gasteiger partial charge is 0.459 e. The molecule has 0 aromatic heterocycles.